The van der Waals surface area contributed by atoms with Crippen molar-refractivity contribution >= 4 is 0 Å². The molecule has 4 nitrogen and oxygen atoms in total. The van der Waals surface area contributed by atoms with E-state index >= 15 is 0 Å². The quantitative estimate of drug-likeness (QED) is 0.351. The smallest absolute Gasteiger partial charge is 0.0596 e. The van der Waals surface area contributed by atoms with Gasteiger partial charge in [0.2, 0.25) is 0 Å². The maximum Gasteiger partial charge on any atom is 0.0596 e. The Morgan fingerprint density at radius 2 is 1.81 bits per heavy atom. The van der Waals surface area contributed by atoms with E-state index in [-0.39, 0.29) is 0 Å². The molecule has 0 aromatic carbocycles. The maximum absolute atomic E-state index is 5.72. The van der Waals surface area contributed by atoms with E-state index in [9.17, 15) is 0 Å². The van der Waals surface area contributed by atoms with Gasteiger partial charge in [-0.2, -0.15) is 5.10 Å². The highest BCUT2D eigenvalue weighted by atomic mass is 15.3. The molecule has 0 saturated carbocycles. The average Bonchev–Trinajstić information content (AvgIpc) is 2.84. The number of nitrogens with one attached hydrogen (secondary N) is 1. The van der Waals surface area contributed by atoms with E-state index < -0.39 is 0 Å². The van der Waals surface area contributed by atoms with Crippen LogP contribution in [-0.2, 0) is 13.0 Å². The van der Waals surface area contributed by atoms with E-state index in [1.165, 1.54) is 50.6 Å². The summed E-state index contributed by atoms with van der Waals surface area (Å²) in [7, 11) is 0. The molecule has 1 unspecified atom stereocenters. The molecule has 3 N–H and O–H groups in total. The fourth-order valence-electron chi connectivity index (χ4n) is 2.88. The number of aryl methyl sites for hydroxylation is 2. The molecule has 21 heavy (non-hydrogen) atoms. The Morgan fingerprint density at radius 1 is 1.14 bits per heavy atom. The van der Waals surface area contributed by atoms with Crippen molar-refractivity contribution in [2.75, 3.05) is 0 Å². The molecule has 0 fully saturated rings. The molecule has 0 bridgehead atoms. The van der Waals surface area contributed by atoms with E-state index in [2.05, 4.69) is 42.0 Å². The topological polar surface area (TPSA) is 55.9 Å². The van der Waals surface area contributed by atoms with Crippen LogP contribution < -0.4 is 11.3 Å². The summed E-state index contributed by atoms with van der Waals surface area (Å²) in [6, 6.07) is 2.54. The molecule has 1 heterocycles. The molecule has 1 aromatic heterocycles. The molecule has 4 heteroatoms. The predicted octanol–water partition coefficient (Wildman–Crippen LogP) is 3.73. The number of hydrogen-bond acceptors (Lipinski definition) is 3. The van der Waals surface area contributed by atoms with Crippen molar-refractivity contribution in [2.24, 2.45) is 5.84 Å². The minimum absolute atomic E-state index is 0.363. The number of hydrazine groups is 1. The van der Waals surface area contributed by atoms with Gasteiger partial charge in [0.1, 0.15) is 0 Å². The van der Waals surface area contributed by atoms with Crippen LogP contribution in [0.2, 0.25) is 0 Å². The monoisotopic (exact) mass is 294 g/mol. The van der Waals surface area contributed by atoms with Gasteiger partial charge in [0.25, 0.3) is 0 Å². The molecule has 0 aliphatic carbocycles. The highest BCUT2D eigenvalue weighted by molar-refractivity contribution is 5.10. The first-order chi connectivity index (χ1) is 10.2. The van der Waals surface area contributed by atoms with Crippen LogP contribution >= 0.6 is 0 Å². The fraction of sp³-hybridized carbons (Fsp3) is 0.824. The summed E-state index contributed by atoms with van der Waals surface area (Å²) in [6.45, 7) is 7.38. The Kier molecular flexibility index (Phi) is 9.35. The number of hydrogen-bond donors (Lipinski definition) is 2. The second kappa shape index (κ2) is 10.8. The van der Waals surface area contributed by atoms with Crippen LogP contribution in [0.5, 0.6) is 0 Å². The van der Waals surface area contributed by atoms with Crippen molar-refractivity contribution in [3.8, 4) is 0 Å². The number of nitrogens with two attached hydrogens (primary N) is 1. The fourth-order valence-corrected chi connectivity index (χ4v) is 2.88. The van der Waals surface area contributed by atoms with Crippen molar-refractivity contribution < 1.29 is 0 Å². The summed E-state index contributed by atoms with van der Waals surface area (Å²) in [5.41, 5.74) is 5.37. The molecule has 0 spiro atoms. The van der Waals surface area contributed by atoms with Crippen molar-refractivity contribution in [3.63, 3.8) is 0 Å². The summed E-state index contributed by atoms with van der Waals surface area (Å²) >= 11 is 0. The molecule has 1 aromatic rings. The number of nitrogens with zero attached hydrogens (tertiary/aromatic N) is 2. The minimum atomic E-state index is 0.363. The molecule has 0 radical (unpaired) electrons. The molecule has 122 valence electrons. The Hall–Kier alpha value is -0.870. The zero-order valence-electron chi connectivity index (χ0n) is 14.2. The zero-order chi connectivity index (χ0) is 15.5. The first-order valence-electron chi connectivity index (χ1n) is 8.70. The van der Waals surface area contributed by atoms with Gasteiger partial charge in [0.05, 0.1) is 5.69 Å². The summed E-state index contributed by atoms with van der Waals surface area (Å²) < 4.78 is 2.09. The first-order valence-corrected chi connectivity index (χ1v) is 8.70. The van der Waals surface area contributed by atoms with Gasteiger partial charge >= 0.3 is 0 Å². The van der Waals surface area contributed by atoms with Gasteiger partial charge in [-0.15, -0.1) is 0 Å². The van der Waals surface area contributed by atoms with Crippen molar-refractivity contribution in [1.82, 2.24) is 15.2 Å². The van der Waals surface area contributed by atoms with E-state index in [1.807, 2.05) is 0 Å². The van der Waals surface area contributed by atoms with Crippen LogP contribution in [0.4, 0.5) is 0 Å². The van der Waals surface area contributed by atoms with Gasteiger partial charge in [-0.05, 0) is 26.3 Å². The van der Waals surface area contributed by atoms with E-state index in [0.29, 0.717) is 6.04 Å². The molecule has 0 aliphatic heterocycles. The number of unbranched alkanes of at least 4 members (excludes halogenated alkanes) is 6. The van der Waals surface area contributed by atoms with Gasteiger partial charge < -0.3 is 0 Å². The third-order valence-corrected chi connectivity index (χ3v) is 4.13. The lowest BCUT2D eigenvalue weighted by atomic mass is 10.0. The van der Waals surface area contributed by atoms with Gasteiger partial charge in [0.15, 0.2) is 0 Å². The Balaban J connectivity index is 2.25. The summed E-state index contributed by atoms with van der Waals surface area (Å²) in [5.74, 6) is 5.72. The van der Waals surface area contributed by atoms with Crippen LogP contribution in [0.3, 0.4) is 0 Å². The summed E-state index contributed by atoms with van der Waals surface area (Å²) in [5, 5.41) is 4.50. The lowest BCUT2D eigenvalue weighted by Crippen LogP contribution is -2.37. The number of rotatable bonds is 12. The Labute approximate surface area is 130 Å². The number of aromatic nitrogens is 2. The summed E-state index contributed by atoms with van der Waals surface area (Å²) in [6.07, 6.45) is 11.6. The molecular formula is C17H34N4. The SMILES string of the molecule is CCCCCCCCCC(Cc1cc(C)nn1CC)NN. The molecule has 1 rings (SSSR count). The van der Waals surface area contributed by atoms with Crippen LogP contribution in [0.25, 0.3) is 0 Å². The van der Waals surface area contributed by atoms with Crippen LogP contribution in [-0.4, -0.2) is 15.8 Å². The normalized spacial score (nSPS) is 12.8. The third kappa shape index (κ3) is 7.09. The van der Waals surface area contributed by atoms with Crippen molar-refractivity contribution in [1.29, 1.82) is 0 Å². The zero-order valence-corrected chi connectivity index (χ0v) is 14.2. The molecule has 0 aliphatic rings. The first kappa shape index (κ1) is 18.2. The predicted molar refractivity (Wildman–Crippen MR) is 90.1 cm³/mol. The van der Waals surface area contributed by atoms with Crippen LogP contribution in [0, 0.1) is 6.92 Å². The van der Waals surface area contributed by atoms with Crippen LogP contribution in [0.1, 0.15) is 76.6 Å². The van der Waals surface area contributed by atoms with Gasteiger partial charge in [-0.25, -0.2) is 0 Å². The molecule has 0 amide bonds. The van der Waals surface area contributed by atoms with Crippen molar-refractivity contribution in [3.05, 3.63) is 17.5 Å². The highest BCUT2D eigenvalue weighted by Gasteiger charge is 2.11. The largest absolute Gasteiger partial charge is 0.271 e. The third-order valence-electron chi connectivity index (χ3n) is 4.13. The molecular weight excluding hydrogens is 260 g/mol. The van der Waals surface area contributed by atoms with E-state index in [1.54, 1.807) is 0 Å². The summed E-state index contributed by atoms with van der Waals surface area (Å²) in [4.78, 5) is 0. The molecule has 0 saturated heterocycles. The average molecular weight is 294 g/mol. The van der Waals surface area contributed by atoms with Crippen LogP contribution in [0.15, 0.2) is 6.07 Å². The second-order valence-corrected chi connectivity index (χ2v) is 6.07. The van der Waals surface area contributed by atoms with E-state index in [4.69, 9.17) is 5.84 Å². The Bertz CT molecular complexity index is 373. The Morgan fingerprint density at radius 3 is 2.43 bits per heavy atom. The van der Waals surface area contributed by atoms with E-state index in [0.717, 1.165) is 25.1 Å². The molecule has 1 atom stereocenters. The van der Waals surface area contributed by atoms with Crippen molar-refractivity contribution in [2.45, 2.75) is 91.1 Å². The van der Waals surface area contributed by atoms with Gasteiger partial charge in [0, 0.05) is 24.7 Å². The maximum atomic E-state index is 5.72. The minimum Gasteiger partial charge on any atom is -0.271 e. The second-order valence-electron chi connectivity index (χ2n) is 6.07. The van der Waals surface area contributed by atoms with Gasteiger partial charge in [-0.3, -0.25) is 16.0 Å². The highest BCUT2D eigenvalue weighted by Crippen LogP contribution is 2.13. The van der Waals surface area contributed by atoms with Gasteiger partial charge in [-0.1, -0.05) is 51.9 Å². The lowest BCUT2D eigenvalue weighted by Gasteiger charge is -2.16. The lowest BCUT2D eigenvalue weighted by molar-refractivity contribution is 0.445. The standard InChI is InChI=1S/C17H34N4/c1-4-6-7-8-9-10-11-12-16(19-18)14-17-13-15(3)20-21(17)5-2/h13,16,19H,4-12,14,18H2,1-3H3.